The molecule has 1 aliphatic rings. The third kappa shape index (κ3) is 3.95. The lowest BCUT2D eigenvalue weighted by molar-refractivity contribution is -0.129. The molecule has 1 unspecified atom stereocenters. The van der Waals surface area contributed by atoms with E-state index in [9.17, 15) is 14.0 Å². The summed E-state index contributed by atoms with van der Waals surface area (Å²) in [5, 5.41) is 2.87. The van der Waals surface area contributed by atoms with Crippen LogP contribution in [0.1, 0.15) is 26.1 Å². The minimum atomic E-state index is -0.333. The molecule has 0 radical (unpaired) electrons. The van der Waals surface area contributed by atoms with Crippen molar-refractivity contribution in [2.75, 3.05) is 20.1 Å². The SMILES string of the molecule is CC(C)N1CC(CNC(=O)N(C)Cc2nc3ccc(F)cc3[nH]2)CC1=O. The first-order valence-corrected chi connectivity index (χ1v) is 8.76. The van der Waals surface area contributed by atoms with Crippen LogP contribution in [-0.2, 0) is 11.3 Å². The van der Waals surface area contributed by atoms with Crippen LogP contribution < -0.4 is 5.32 Å². The lowest BCUT2D eigenvalue weighted by atomic mass is 10.1. The standard InChI is InChI=1S/C18H24FN5O2/c1-11(2)24-9-12(6-17(24)25)8-20-18(26)23(3)10-16-21-14-5-4-13(19)7-15(14)22-16/h4-5,7,11-12H,6,8-10H2,1-3H3,(H,20,26)(H,21,22). The molecule has 0 spiro atoms. The Morgan fingerprint density at radius 2 is 2.27 bits per heavy atom. The molecule has 2 aromatic rings. The highest BCUT2D eigenvalue weighted by Crippen LogP contribution is 2.19. The van der Waals surface area contributed by atoms with E-state index < -0.39 is 0 Å². The van der Waals surface area contributed by atoms with Crippen LogP contribution in [0.5, 0.6) is 0 Å². The van der Waals surface area contributed by atoms with Crippen molar-refractivity contribution in [3.8, 4) is 0 Å². The number of urea groups is 1. The maximum atomic E-state index is 13.2. The lowest BCUT2D eigenvalue weighted by Gasteiger charge is -2.21. The molecular weight excluding hydrogens is 337 g/mol. The average Bonchev–Trinajstić information content (AvgIpc) is 3.14. The molecule has 1 aromatic carbocycles. The number of likely N-dealkylation sites (tertiary alicyclic amines) is 1. The Morgan fingerprint density at radius 1 is 1.50 bits per heavy atom. The van der Waals surface area contributed by atoms with Crippen molar-refractivity contribution in [1.82, 2.24) is 25.1 Å². The van der Waals surface area contributed by atoms with Crippen LogP contribution in [0.4, 0.5) is 9.18 Å². The number of rotatable bonds is 5. The molecule has 140 valence electrons. The average molecular weight is 361 g/mol. The molecular formula is C18H24FN5O2. The second-order valence-electron chi connectivity index (χ2n) is 7.10. The van der Waals surface area contributed by atoms with Crippen molar-refractivity contribution in [3.05, 3.63) is 29.8 Å². The van der Waals surface area contributed by atoms with Gasteiger partial charge in [0, 0.05) is 38.5 Å². The Kier molecular flexibility index (Phi) is 5.11. The summed E-state index contributed by atoms with van der Waals surface area (Å²) in [5.41, 5.74) is 1.26. The molecule has 1 fully saturated rings. The number of fused-ring (bicyclic) bond motifs is 1. The molecule has 3 amide bonds. The van der Waals surface area contributed by atoms with Crippen molar-refractivity contribution in [2.24, 2.45) is 5.92 Å². The molecule has 0 aliphatic carbocycles. The number of nitrogens with one attached hydrogen (secondary N) is 2. The summed E-state index contributed by atoms with van der Waals surface area (Å²) in [7, 11) is 1.67. The molecule has 1 saturated heterocycles. The second kappa shape index (κ2) is 7.31. The number of aromatic amines is 1. The molecule has 1 aromatic heterocycles. The predicted octanol–water partition coefficient (Wildman–Crippen LogP) is 2.10. The van der Waals surface area contributed by atoms with Gasteiger partial charge in [0.25, 0.3) is 0 Å². The second-order valence-corrected chi connectivity index (χ2v) is 7.10. The van der Waals surface area contributed by atoms with Crippen LogP contribution in [0.3, 0.4) is 0 Å². The maximum absolute atomic E-state index is 13.2. The number of imidazole rings is 1. The first-order valence-electron chi connectivity index (χ1n) is 8.76. The zero-order valence-corrected chi connectivity index (χ0v) is 15.3. The minimum absolute atomic E-state index is 0.136. The Balaban J connectivity index is 1.52. The fourth-order valence-electron chi connectivity index (χ4n) is 3.22. The van der Waals surface area contributed by atoms with E-state index in [1.807, 2.05) is 18.7 Å². The third-order valence-corrected chi connectivity index (χ3v) is 4.63. The van der Waals surface area contributed by atoms with Crippen LogP contribution in [0.25, 0.3) is 11.0 Å². The van der Waals surface area contributed by atoms with Crippen molar-refractivity contribution in [3.63, 3.8) is 0 Å². The molecule has 7 nitrogen and oxygen atoms in total. The van der Waals surface area contributed by atoms with Crippen LogP contribution >= 0.6 is 0 Å². The number of carbonyl (C=O) groups excluding carboxylic acids is 2. The largest absolute Gasteiger partial charge is 0.340 e. The van der Waals surface area contributed by atoms with Gasteiger partial charge in [0.15, 0.2) is 0 Å². The first kappa shape index (κ1) is 18.2. The van der Waals surface area contributed by atoms with E-state index in [0.29, 0.717) is 36.4 Å². The number of H-pyrrole nitrogens is 1. The van der Waals surface area contributed by atoms with E-state index >= 15 is 0 Å². The molecule has 1 atom stereocenters. The van der Waals surface area contributed by atoms with Crippen molar-refractivity contribution >= 4 is 23.0 Å². The van der Waals surface area contributed by atoms with Gasteiger partial charge in [-0.15, -0.1) is 0 Å². The summed E-state index contributed by atoms with van der Waals surface area (Å²) in [6.07, 6.45) is 0.470. The number of carbonyl (C=O) groups is 2. The minimum Gasteiger partial charge on any atom is -0.340 e. The molecule has 26 heavy (non-hydrogen) atoms. The summed E-state index contributed by atoms with van der Waals surface area (Å²) in [6, 6.07) is 4.29. The first-order chi connectivity index (χ1) is 12.3. The molecule has 3 rings (SSSR count). The monoisotopic (exact) mass is 361 g/mol. The fourth-order valence-corrected chi connectivity index (χ4v) is 3.22. The third-order valence-electron chi connectivity index (χ3n) is 4.63. The van der Waals surface area contributed by atoms with E-state index in [-0.39, 0.29) is 36.3 Å². The highest BCUT2D eigenvalue weighted by molar-refractivity contribution is 5.79. The van der Waals surface area contributed by atoms with E-state index in [2.05, 4.69) is 15.3 Å². The van der Waals surface area contributed by atoms with Crippen LogP contribution in [0, 0.1) is 11.7 Å². The molecule has 0 saturated carbocycles. The molecule has 2 N–H and O–H groups in total. The Hall–Kier alpha value is -2.64. The number of benzene rings is 1. The lowest BCUT2D eigenvalue weighted by Crippen LogP contribution is -2.40. The number of hydrogen-bond acceptors (Lipinski definition) is 3. The van der Waals surface area contributed by atoms with E-state index in [1.54, 1.807) is 13.1 Å². The van der Waals surface area contributed by atoms with Gasteiger partial charge in [-0.2, -0.15) is 0 Å². The Morgan fingerprint density at radius 3 is 2.96 bits per heavy atom. The number of hydrogen-bond donors (Lipinski definition) is 2. The van der Waals surface area contributed by atoms with E-state index in [4.69, 9.17) is 0 Å². The van der Waals surface area contributed by atoms with Crippen LogP contribution in [0.15, 0.2) is 18.2 Å². The van der Waals surface area contributed by atoms with Gasteiger partial charge < -0.3 is 20.1 Å². The summed E-state index contributed by atoms with van der Waals surface area (Å²) < 4.78 is 13.2. The normalized spacial score (nSPS) is 17.3. The predicted molar refractivity (Wildman–Crippen MR) is 95.9 cm³/mol. The summed E-state index contributed by atoms with van der Waals surface area (Å²) in [4.78, 5) is 34.9. The van der Waals surface area contributed by atoms with Crippen molar-refractivity contribution < 1.29 is 14.0 Å². The van der Waals surface area contributed by atoms with Gasteiger partial charge in [-0.1, -0.05) is 0 Å². The van der Waals surface area contributed by atoms with Crippen LogP contribution in [-0.4, -0.2) is 57.9 Å². The van der Waals surface area contributed by atoms with E-state index in [0.717, 1.165) is 0 Å². The van der Waals surface area contributed by atoms with Gasteiger partial charge in [-0.05, 0) is 32.0 Å². The summed E-state index contributed by atoms with van der Waals surface area (Å²) in [6.45, 7) is 5.40. The molecule has 1 aliphatic heterocycles. The highest BCUT2D eigenvalue weighted by atomic mass is 19.1. The Labute approximate surface area is 151 Å². The molecule has 2 heterocycles. The van der Waals surface area contributed by atoms with Gasteiger partial charge >= 0.3 is 6.03 Å². The van der Waals surface area contributed by atoms with Crippen molar-refractivity contribution in [2.45, 2.75) is 32.9 Å². The quantitative estimate of drug-likeness (QED) is 0.856. The zero-order valence-electron chi connectivity index (χ0n) is 15.3. The van der Waals surface area contributed by atoms with Gasteiger partial charge in [0.1, 0.15) is 11.6 Å². The highest BCUT2D eigenvalue weighted by Gasteiger charge is 2.31. The van der Waals surface area contributed by atoms with Gasteiger partial charge in [0.2, 0.25) is 5.91 Å². The topological polar surface area (TPSA) is 81.3 Å². The molecule has 0 bridgehead atoms. The van der Waals surface area contributed by atoms with Gasteiger partial charge in [-0.25, -0.2) is 14.2 Å². The van der Waals surface area contributed by atoms with Crippen LogP contribution in [0.2, 0.25) is 0 Å². The fraction of sp³-hybridized carbons (Fsp3) is 0.500. The number of nitrogens with zero attached hydrogens (tertiary/aromatic N) is 3. The van der Waals surface area contributed by atoms with E-state index in [1.165, 1.54) is 17.0 Å². The summed E-state index contributed by atoms with van der Waals surface area (Å²) in [5.74, 6) is 0.532. The maximum Gasteiger partial charge on any atom is 0.317 e. The number of amides is 3. The van der Waals surface area contributed by atoms with Gasteiger partial charge in [0.05, 0.1) is 17.6 Å². The summed E-state index contributed by atoms with van der Waals surface area (Å²) >= 11 is 0. The van der Waals surface area contributed by atoms with Gasteiger partial charge in [-0.3, -0.25) is 4.79 Å². The zero-order chi connectivity index (χ0) is 18.8. The Bertz CT molecular complexity index is 819. The van der Waals surface area contributed by atoms with Crippen molar-refractivity contribution in [1.29, 1.82) is 0 Å². The number of aromatic nitrogens is 2. The molecule has 8 heteroatoms. The smallest absolute Gasteiger partial charge is 0.317 e. The number of halogens is 1.